The van der Waals surface area contributed by atoms with Crippen LogP contribution in [0.15, 0.2) is 11.0 Å². The van der Waals surface area contributed by atoms with E-state index in [-0.39, 0.29) is 10.2 Å². The van der Waals surface area contributed by atoms with Crippen molar-refractivity contribution in [2.24, 2.45) is 11.8 Å². The third-order valence-electron chi connectivity index (χ3n) is 32.4. The van der Waals surface area contributed by atoms with Crippen molar-refractivity contribution in [2.45, 2.75) is 181 Å². The molecule has 1 aliphatic heterocycles. The highest BCUT2D eigenvalue weighted by atomic mass is 32.2. The second-order valence-electron chi connectivity index (χ2n) is 32.7. The molecule has 11 aromatic rings. The molecule has 76 heavy (non-hydrogen) atoms. The molecule has 22 aliphatic carbocycles. The molecule has 22 unspecified atom stereocenters. The van der Waals surface area contributed by atoms with Crippen molar-refractivity contribution < 1.29 is 0 Å². The molecule has 23 aliphatic rings. The fraction of sp³-hybridized carbons (Fsp3) is 0.413. The van der Waals surface area contributed by atoms with Gasteiger partial charge in [-0.15, -0.1) is 11.8 Å². The van der Waals surface area contributed by atoms with E-state index in [1.165, 1.54) is 0 Å². The first kappa shape index (κ1) is 32.5. The van der Waals surface area contributed by atoms with Crippen molar-refractivity contribution in [2.75, 3.05) is 0 Å². The first-order chi connectivity index (χ1) is 37.4. The maximum Gasteiger partial charge on any atom is 0.0645 e. The summed E-state index contributed by atoms with van der Waals surface area (Å²) < 4.78 is 0.0196. The SMILES string of the molecule is CC(C)c1cc(C(C)C)c(C(C)C)c2c1SC13c4c5c6c7c8c9c%10c%11c%12c%13c%14c%15c(c%16c%13c%10c7c4-%16)C21C1C%15C2c4c7c%10c%13c%15c%16c%17c%18c%19c%20c%21c%22c%23c(c4c4c%22c%19c%16c%104)C2C%14C%12C%23C%21C%11C9C%20C%18C8C6C%17C%15C5C3C%13C71. The van der Waals surface area contributed by atoms with Crippen LogP contribution < -0.4 is 0 Å². The predicted octanol–water partition coefficient (Wildman–Crippen LogP) is 17.9. The Morgan fingerprint density at radius 3 is 1.00 bits per heavy atom. The normalized spacial score (nSPS) is 45.4. The van der Waals surface area contributed by atoms with Crippen molar-refractivity contribution in [1.82, 2.24) is 0 Å². The van der Waals surface area contributed by atoms with E-state index in [4.69, 9.17) is 0 Å². The molecule has 2 spiro atoms. The molecule has 0 radical (unpaired) electrons. The third-order valence-corrected chi connectivity index (χ3v) is 34.1. The van der Waals surface area contributed by atoms with Crippen LogP contribution in [0.2, 0.25) is 0 Å². The van der Waals surface area contributed by atoms with Crippen LogP contribution in [0.4, 0.5) is 0 Å². The summed E-state index contributed by atoms with van der Waals surface area (Å²) in [5.41, 5.74) is 52.1. The van der Waals surface area contributed by atoms with Gasteiger partial charge in [-0.05, 0) is 367 Å². The molecule has 348 valence electrons. The Morgan fingerprint density at radius 2 is 0.592 bits per heavy atom. The van der Waals surface area contributed by atoms with Crippen molar-refractivity contribution in [1.29, 1.82) is 0 Å². The number of hydrogen-bond donors (Lipinski definition) is 0. The van der Waals surface area contributed by atoms with Gasteiger partial charge in [0, 0.05) is 10.3 Å². The highest BCUT2D eigenvalue weighted by Crippen LogP contribution is 3.01. The van der Waals surface area contributed by atoms with Gasteiger partial charge in [0.25, 0.3) is 0 Å². The summed E-state index contributed by atoms with van der Waals surface area (Å²) in [4.78, 5) is 1.84. The lowest BCUT2D eigenvalue weighted by atomic mass is 9.39. The fourth-order valence-electron chi connectivity index (χ4n) is 33.6. The molecule has 0 amide bonds. The van der Waals surface area contributed by atoms with Crippen LogP contribution in [0, 0.1) is 11.8 Å². The van der Waals surface area contributed by atoms with Crippen LogP contribution in [-0.2, 0) is 10.2 Å². The second kappa shape index (κ2) is 7.68. The van der Waals surface area contributed by atoms with E-state index in [2.05, 4.69) is 104 Å². The lowest BCUT2D eigenvalue weighted by molar-refractivity contribution is 0.0336. The Kier molecular flexibility index (Phi) is 3.29. The highest BCUT2D eigenvalue weighted by molar-refractivity contribution is 8.00. The summed E-state index contributed by atoms with van der Waals surface area (Å²) in [7, 11) is 0. The van der Waals surface area contributed by atoms with Crippen LogP contribution >= 0.6 is 11.8 Å². The predicted molar refractivity (Wildman–Crippen MR) is 299 cm³/mol. The maximum absolute atomic E-state index is 2.87. The van der Waals surface area contributed by atoms with Gasteiger partial charge in [-0.1, -0.05) is 47.6 Å². The minimum Gasteiger partial charge on any atom is -0.112 e. The Labute approximate surface area is 438 Å². The summed E-state index contributed by atoms with van der Waals surface area (Å²) >= 11 is 2.67. The summed E-state index contributed by atoms with van der Waals surface area (Å²) in [6.07, 6.45) is 0. The van der Waals surface area contributed by atoms with Gasteiger partial charge in [0.15, 0.2) is 0 Å². The zero-order valence-electron chi connectivity index (χ0n) is 42.8. The van der Waals surface area contributed by atoms with Gasteiger partial charge in [-0.2, -0.15) is 0 Å². The molecule has 0 N–H and O–H groups in total. The van der Waals surface area contributed by atoms with Gasteiger partial charge in [0.2, 0.25) is 0 Å². The molecule has 22 atom stereocenters. The quantitative estimate of drug-likeness (QED) is 0.159. The van der Waals surface area contributed by atoms with Gasteiger partial charge >= 0.3 is 0 Å². The largest absolute Gasteiger partial charge is 0.112 e. The molecule has 0 aromatic heterocycles. The number of rotatable bonds is 3. The summed E-state index contributed by atoms with van der Waals surface area (Å²) in [5, 5.41) is 30.9. The van der Waals surface area contributed by atoms with Crippen molar-refractivity contribution in [3.05, 3.63) is 140 Å². The smallest absolute Gasteiger partial charge is 0.0645 e. The molecule has 1 heterocycles. The van der Waals surface area contributed by atoms with Crippen LogP contribution in [-0.4, -0.2) is 0 Å². The average Bonchev–Trinajstić information content (AvgIpc) is 1.85. The Hall–Kier alpha value is -5.37. The van der Waals surface area contributed by atoms with E-state index < -0.39 is 0 Å². The van der Waals surface area contributed by atoms with E-state index >= 15 is 0 Å². The fourth-order valence-corrected chi connectivity index (χ4v) is 35.9. The molecule has 1 heteroatoms. The Morgan fingerprint density at radius 1 is 0.289 bits per heavy atom. The van der Waals surface area contributed by atoms with Gasteiger partial charge in [0.1, 0.15) is 0 Å². The topological polar surface area (TPSA) is 0 Å². The molecule has 11 aromatic carbocycles. The van der Waals surface area contributed by atoms with Gasteiger partial charge in [-0.25, -0.2) is 0 Å². The molecular formula is C75H42S. The molecule has 0 nitrogen and oxygen atoms in total. The summed E-state index contributed by atoms with van der Waals surface area (Å²) in [6, 6.07) is 2.87. The first-order valence-corrected chi connectivity index (χ1v) is 32.3. The molecular weight excluding hydrogens is 933 g/mol. The van der Waals surface area contributed by atoms with Gasteiger partial charge in [0.05, 0.1) is 4.75 Å². The lowest BCUT2D eigenvalue weighted by Gasteiger charge is -2.65. The first-order valence-electron chi connectivity index (χ1n) is 31.5. The number of benzene rings is 10. The molecule has 0 saturated heterocycles. The lowest BCUT2D eigenvalue weighted by Crippen LogP contribution is -2.62. The zero-order chi connectivity index (χ0) is 46.5. The molecule has 34 rings (SSSR count). The number of thioether (sulfide) groups is 1. The second-order valence-corrected chi connectivity index (χ2v) is 34.0. The summed E-state index contributed by atoms with van der Waals surface area (Å²) in [6.45, 7) is 15.8. The third kappa shape index (κ3) is 1.86. The highest BCUT2D eigenvalue weighted by Gasteiger charge is 2.90. The summed E-state index contributed by atoms with van der Waals surface area (Å²) in [5.74, 6) is 14.6. The number of fused-ring (bicyclic) bond motifs is 1. The Balaban J connectivity index is 0.991. The van der Waals surface area contributed by atoms with Crippen LogP contribution in [0.3, 0.4) is 0 Å². The zero-order valence-corrected chi connectivity index (χ0v) is 43.6. The van der Waals surface area contributed by atoms with E-state index in [0.29, 0.717) is 136 Å². The maximum atomic E-state index is 2.87. The van der Waals surface area contributed by atoms with E-state index in [9.17, 15) is 0 Å². The van der Waals surface area contributed by atoms with Crippen LogP contribution in [0.1, 0.15) is 299 Å². The van der Waals surface area contributed by atoms with E-state index in [1.807, 2.05) is 180 Å². The molecule has 1 saturated carbocycles. The van der Waals surface area contributed by atoms with Crippen molar-refractivity contribution >= 4 is 97.9 Å². The van der Waals surface area contributed by atoms with Crippen molar-refractivity contribution in [3.63, 3.8) is 0 Å². The van der Waals surface area contributed by atoms with Gasteiger partial charge in [-0.3, -0.25) is 0 Å². The van der Waals surface area contributed by atoms with Crippen molar-refractivity contribution in [3.8, 4) is 11.1 Å². The minimum absolute atomic E-state index is 0.0192. The monoisotopic (exact) mass is 974 g/mol. The number of hydrogen-bond acceptors (Lipinski definition) is 1. The average molecular weight is 975 g/mol. The van der Waals surface area contributed by atoms with Gasteiger partial charge < -0.3 is 0 Å². The Bertz CT molecular complexity index is 5710. The van der Waals surface area contributed by atoms with Crippen LogP contribution in [0.25, 0.3) is 97.3 Å². The van der Waals surface area contributed by atoms with E-state index in [1.54, 1.807) is 11.1 Å². The minimum atomic E-state index is -0.0192. The van der Waals surface area contributed by atoms with Crippen LogP contribution in [0.5, 0.6) is 0 Å². The molecule has 0 bridgehead atoms. The standard InChI is InChI=1S/C75H42S/c1-8(2)11-7-12(9(3)4)73-72(13(11)10(5)6)74-68-60-52-42-32-24-16-14-15-18-22-20(16)28-36-30(22)40-34-26(18)27-19(15)23-21-17(14)25(24)33-39-29(21)37-31(23)41-35(27)45-44(34)56-50(40)58-48(36)54(46(52)38(28)32)62(68)64(58)70-66(56)67-57(45)51(41)59-49(37)55-47(39)53(43(33)42)61(60)69(74)63(55)65(59)71(67)75(70,74)76-73/h7-10,16,18,20,22,24,26,32,34,42-45,53,57,61,63,65,67,69,71H,1-6H3. The van der Waals surface area contributed by atoms with E-state index in [0.717, 1.165) is 0 Å². The molecule has 1 fully saturated rings.